The van der Waals surface area contributed by atoms with Gasteiger partial charge in [-0.15, -0.1) is 11.3 Å². The average molecular weight is 421 g/mol. The van der Waals surface area contributed by atoms with E-state index in [1.165, 1.54) is 35.6 Å². The van der Waals surface area contributed by atoms with Crippen molar-refractivity contribution in [3.8, 4) is 17.2 Å². The Morgan fingerprint density at radius 3 is 2.90 bits per heavy atom. The van der Waals surface area contributed by atoms with Crippen molar-refractivity contribution < 1.29 is 18.9 Å². The number of benzene rings is 2. The number of nitro groups is 1. The van der Waals surface area contributed by atoms with E-state index in [2.05, 4.69) is 10.3 Å². The van der Waals surface area contributed by atoms with E-state index in [1.54, 1.807) is 24.6 Å². The summed E-state index contributed by atoms with van der Waals surface area (Å²) in [5.74, 6) is 0.806. The lowest BCUT2D eigenvalue weighted by molar-refractivity contribution is -0.384. The van der Waals surface area contributed by atoms with Crippen LogP contribution in [0.1, 0.15) is 5.56 Å². The highest BCUT2D eigenvalue weighted by molar-refractivity contribution is 7.14. The van der Waals surface area contributed by atoms with Gasteiger partial charge in [0.25, 0.3) is 5.69 Å². The third-order valence-electron chi connectivity index (χ3n) is 4.22. The average Bonchev–Trinajstić information content (AvgIpc) is 3.39. The fraction of sp³-hybridized carbons (Fsp3) is 0.0476. The quantitative estimate of drug-likeness (QED) is 0.263. The number of non-ortho nitro benzene ring substituents is 1. The second kappa shape index (κ2) is 8.18. The third kappa shape index (κ3) is 4.06. The van der Waals surface area contributed by atoms with E-state index in [4.69, 9.17) is 9.15 Å². The number of thiazole rings is 1. The summed E-state index contributed by atoms with van der Waals surface area (Å²) in [5.41, 5.74) is 1.74. The van der Waals surface area contributed by atoms with Gasteiger partial charge in [0, 0.05) is 29.0 Å². The molecule has 0 aliphatic carbocycles. The Labute approximate surface area is 174 Å². The number of nitrogens with zero attached hydrogens (tertiary/aromatic N) is 2. The maximum atomic E-state index is 12.2. The minimum atomic E-state index is -0.484. The van der Waals surface area contributed by atoms with Crippen molar-refractivity contribution in [3.05, 3.63) is 75.7 Å². The number of hydrogen-bond acceptors (Lipinski definition) is 7. The van der Waals surface area contributed by atoms with Crippen molar-refractivity contribution in [2.75, 3.05) is 12.4 Å². The standard InChI is InChI=1S/C21H15N3O5S/c1-28-17-7-3-5-14-11-18(29-20(14)17)16-12-30-21(22-16)23-19(25)9-8-13-4-2-6-15(10-13)24(26)27/h2-12H,1H3,(H,22,23,25)/b9-8+. The molecule has 150 valence electrons. The number of fused-ring (bicyclic) bond motifs is 1. The zero-order chi connectivity index (χ0) is 21.1. The highest BCUT2D eigenvalue weighted by Crippen LogP contribution is 2.34. The fourth-order valence-corrected chi connectivity index (χ4v) is 3.53. The lowest BCUT2D eigenvalue weighted by atomic mass is 10.2. The van der Waals surface area contributed by atoms with E-state index < -0.39 is 10.8 Å². The van der Waals surface area contributed by atoms with Crippen molar-refractivity contribution in [2.24, 2.45) is 0 Å². The molecule has 0 atom stereocenters. The van der Waals surface area contributed by atoms with Gasteiger partial charge in [0.1, 0.15) is 5.69 Å². The van der Waals surface area contributed by atoms with Gasteiger partial charge in [0.2, 0.25) is 5.91 Å². The number of nitro benzene ring substituents is 1. The van der Waals surface area contributed by atoms with Crippen LogP contribution in [0.3, 0.4) is 0 Å². The molecule has 1 amide bonds. The van der Waals surface area contributed by atoms with Gasteiger partial charge in [-0.1, -0.05) is 24.3 Å². The first-order valence-corrected chi connectivity index (χ1v) is 9.67. The van der Waals surface area contributed by atoms with Crippen molar-refractivity contribution >= 4 is 45.1 Å². The monoisotopic (exact) mass is 421 g/mol. The van der Waals surface area contributed by atoms with E-state index in [9.17, 15) is 14.9 Å². The number of carbonyl (C=O) groups is 1. The number of aromatic nitrogens is 1. The number of amides is 1. The number of ether oxygens (including phenoxy) is 1. The van der Waals surface area contributed by atoms with Crippen LogP contribution < -0.4 is 10.1 Å². The molecule has 2 aromatic carbocycles. The van der Waals surface area contributed by atoms with Gasteiger partial charge in [-0.05, 0) is 23.8 Å². The molecule has 30 heavy (non-hydrogen) atoms. The molecule has 1 N–H and O–H groups in total. The number of carbonyl (C=O) groups excluding carboxylic acids is 1. The summed E-state index contributed by atoms with van der Waals surface area (Å²) >= 11 is 1.26. The van der Waals surface area contributed by atoms with E-state index in [0.29, 0.717) is 33.5 Å². The summed E-state index contributed by atoms with van der Waals surface area (Å²) in [6.45, 7) is 0. The van der Waals surface area contributed by atoms with Crippen LogP contribution in [-0.4, -0.2) is 22.9 Å². The zero-order valence-corrected chi connectivity index (χ0v) is 16.5. The van der Waals surface area contributed by atoms with Crippen molar-refractivity contribution in [3.63, 3.8) is 0 Å². The molecule has 8 nitrogen and oxygen atoms in total. The minimum Gasteiger partial charge on any atom is -0.493 e. The van der Waals surface area contributed by atoms with E-state index in [0.717, 1.165) is 5.39 Å². The van der Waals surface area contributed by atoms with Gasteiger partial charge in [-0.3, -0.25) is 20.2 Å². The summed E-state index contributed by atoms with van der Waals surface area (Å²) in [6.07, 6.45) is 2.80. The molecule has 0 fully saturated rings. The zero-order valence-electron chi connectivity index (χ0n) is 15.7. The fourth-order valence-electron chi connectivity index (χ4n) is 2.83. The first kappa shape index (κ1) is 19.3. The number of methoxy groups -OCH3 is 1. The van der Waals surface area contributed by atoms with Gasteiger partial charge < -0.3 is 9.15 Å². The first-order valence-electron chi connectivity index (χ1n) is 8.79. The second-order valence-corrected chi connectivity index (χ2v) is 7.06. The molecule has 0 radical (unpaired) electrons. The van der Waals surface area contributed by atoms with Gasteiger partial charge in [0.05, 0.1) is 12.0 Å². The van der Waals surface area contributed by atoms with E-state index in [1.807, 2.05) is 24.3 Å². The van der Waals surface area contributed by atoms with Gasteiger partial charge in [0.15, 0.2) is 22.2 Å². The van der Waals surface area contributed by atoms with Crippen LogP contribution in [0, 0.1) is 10.1 Å². The molecule has 0 aliphatic heterocycles. The molecule has 0 unspecified atom stereocenters. The Kier molecular flexibility index (Phi) is 5.27. The Morgan fingerprint density at radius 2 is 2.10 bits per heavy atom. The Bertz CT molecular complexity index is 1270. The van der Waals surface area contributed by atoms with Crippen LogP contribution in [0.5, 0.6) is 5.75 Å². The molecular weight excluding hydrogens is 406 g/mol. The van der Waals surface area contributed by atoms with Crippen molar-refractivity contribution in [1.82, 2.24) is 4.98 Å². The molecular formula is C21H15N3O5S. The van der Waals surface area contributed by atoms with Crippen LogP contribution in [-0.2, 0) is 4.79 Å². The summed E-state index contributed by atoms with van der Waals surface area (Å²) in [7, 11) is 1.58. The maximum Gasteiger partial charge on any atom is 0.270 e. The second-order valence-electron chi connectivity index (χ2n) is 6.20. The third-order valence-corrected chi connectivity index (χ3v) is 4.98. The topological polar surface area (TPSA) is 108 Å². The molecule has 0 aliphatic rings. The highest BCUT2D eigenvalue weighted by Gasteiger charge is 2.13. The summed E-state index contributed by atoms with van der Waals surface area (Å²) in [6, 6.07) is 13.5. The van der Waals surface area contributed by atoms with Crippen molar-refractivity contribution in [2.45, 2.75) is 0 Å². The summed E-state index contributed by atoms with van der Waals surface area (Å²) < 4.78 is 11.2. The first-order chi connectivity index (χ1) is 14.5. The Balaban J connectivity index is 1.47. The van der Waals surface area contributed by atoms with Crippen LogP contribution in [0.15, 0.2) is 64.4 Å². The lowest BCUT2D eigenvalue weighted by Gasteiger charge is -1.98. The normalized spacial score (nSPS) is 11.1. The Hall–Kier alpha value is -3.98. The number of nitrogens with one attached hydrogen (secondary N) is 1. The number of hydrogen-bond donors (Lipinski definition) is 1. The van der Waals surface area contributed by atoms with Crippen molar-refractivity contribution in [1.29, 1.82) is 0 Å². The van der Waals surface area contributed by atoms with Crippen LogP contribution in [0.25, 0.3) is 28.5 Å². The van der Waals surface area contributed by atoms with Crippen LogP contribution >= 0.6 is 11.3 Å². The molecule has 0 spiro atoms. The summed E-state index contributed by atoms with van der Waals surface area (Å²) in [5, 5.41) is 16.6. The SMILES string of the molecule is COc1cccc2cc(-c3csc(NC(=O)/C=C/c4cccc([N+](=O)[O-])c4)n3)oc12. The molecule has 0 saturated heterocycles. The molecule has 0 bridgehead atoms. The Morgan fingerprint density at radius 1 is 1.27 bits per heavy atom. The van der Waals surface area contributed by atoms with Crippen LogP contribution in [0.2, 0.25) is 0 Å². The number of para-hydroxylation sites is 1. The lowest BCUT2D eigenvalue weighted by Crippen LogP contribution is -2.07. The van der Waals surface area contributed by atoms with Gasteiger partial charge in [-0.25, -0.2) is 4.98 Å². The molecule has 0 saturated carbocycles. The predicted molar refractivity (Wildman–Crippen MR) is 115 cm³/mol. The molecule has 9 heteroatoms. The predicted octanol–water partition coefficient (Wildman–Crippen LogP) is 5.13. The van der Waals surface area contributed by atoms with E-state index in [-0.39, 0.29) is 5.69 Å². The molecule has 2 heterocycles. The number of furan rings is 1. The largest absolute Gasteiger partial charge is 0.493 e. The van der Waals surface area contributed by atoms with Gasteiger partial charge in [-0.2, -0.15) is 0 Å². The maximum absolute atomic E-state index is 12.2. The summed E-state index contributed by atoms with van der Waals surface area (Å²) in [4.78, 5) is 26.9. The van der Waals surface area contributed by atoms with Gasteiger partial charge >= 0.3 is 0 Å². The number of rotatable bonds is 6. The van der Waals surface area contributed by atoms with E-state index >= 15 is 0 Å². The molecule has 4 rings (SSSR count). The van der Waals surface area contributed by atoms with Crippen LogP contribution in [0.4, 0.5) is 10.8 Å². The smallest absolute Gasteiger partial charge is 0.270 e. The molecule has 4 aromatic rings. The minimum absolute atomic E-state index is 0.0374. The highest BCUT2D eigenvalue weighted by atomic mass is 32.1. The number of anilines is 1. The molecule has 2 aromatic heterocycles.